The SMILES string of the molecule is Cc1ccccc1-c1ccc(=O)oc1. The lowest BCUT2D eigenvalue weighted by Gasteiger charge is -2.03. The summed E-state index contributed by atoms with van der Waals surface area (Å²) in [5.41, 5.74) is 2.88. The van der Waals surface area contributed by atoms with E-state index in [2.05, 4.69) is 0 Å². The minimum absolute atomic E-state index is 0.317. The molecule has 0 atom stereocenters. The zero-order valence-electron chi connectivity index (χ0n) is 7.86. The molecule has 0 fully saturated rings. The van der Waals surface area contributed by atoms with Gasteiger partial charge in [-0.1, -0.05) is 24.3 Å². The summed E-state index contributed by atoms with van der Waals surface area (Å²) in [5.74, 6) is 0. The van der Waals surface area contributed by atoms with Crippen molar-refractivity contribution >= 4 is 0 Å². The average molecular weight is 186 g/mol. The Balaban J connectivity index is 2.55. The van der Waals surface area contributed by atoms with Gasteiger partial charge in [-0.05, 0) is 24.1 Å². The molecule has 2 aromatic rings. The summed E-state index contributed by atoms with van der Waals surface area (Å²) in [6, 6.07) is 11.2. The lowest BCUT2D eigenvalue weighted by Crippen LogP contribution is -1.94. The third-order valence-electron chi connectivity index (χ3n) is 2.16. The zero-order chi connectivity index (χ0) is 9.97. The van der Waals surface area contributed by atoms with Crippen molar-refractivity contribution in [2.24, 2.45) is 0 Å². The number of rotatable bonds is 1. The van der Waals surface area contributed by atoms with Gasteiger partial charge in [0.05, 0.1) is 0 Å². The van der Waals surface area contributed by atoms with Gasteiger partial charge in [0.15, 0.2) is 0 Å². The Morgan fingerprint density at radius 1 is 1.07 bits per heavy atom. The summed E-state index contributed by atoms with van der Waals surface area (Å²) in [6.07, 6.45) is 1.49. The van der Waals surface area contributed by atoms with Crippen LogP contribution in [0, 0.1) is 6.92 Å². The monoisotopic (exact) mass is 186 g/mol. The van der Waals surface area contributed by atoms with Crippen LogP contribution >= 0.6 is 0 Å². The third kappa shape index (κ3) is 1.59. The van der Waals surface area contributed by atoms with Crippen LogP contribution in [0.4, 0.5) is 0 Å². The Morgan fingerprint density at radius 2 is 1.86 bits per heavy atom. The van der Waals surface area contributed by atoms with Crippen molar-refractivity contribution in [2.75, 3.05) is 0 Å². The number of hydrogen-bond acceptors (Lipinski definition) is 2. The van der Waals surface area contributed by atoms with Gasteiger partial charge in [0.1, 0.15) is 6.26 Å². The quantitative estimate of drug-likeness (QED) is 0.685. The fourth-order valence-corrected chi connectivity index (χ4v) is 1.41. The van der Waals surface area contributed by atoms with E-state index in [-0.39, 0.29) is 5.63 Å². The molecular formula is C12H10O2. The third-order valence-corrected chi connectivity index (χ3v) is 2.16. The highest BCUT2D eigenvalue weighted by atomic mass is 16.4. The molecule has 2 rings (SSSR count). The Hall–Kier alpha value is -1.83. The average Bonchev–Trinajstić information content (AvgIpc) is 2.20. The topological polar surface area (TPSA) is 30.2 Å². The Kier molecular flexibility index (Phi) is 2.19. The van der Waals surface area contributed by atoms with Crippen LogP contribution < -0.4 is 5.63 Å². The second-order valence-corrected chi connectivity index (χ2v) is 3.16. The second-order valence-electron chi connectivity index (χ2n) is 3.16. The molecule has 0 spiro atoms. The maximum atomic E-state index is 10.8. The van der Waals surface area contributed by atoms with Gasteiger partial charge in [-0.15, -0.1) is 0 Å². The van der Waals surface area contributed by atoms with Crippen LogP contribution in [0.2, 0.25) is 0 Å². The van der Waals surface area contributed by atoms with Crippen LogP contribution in [-0.2, 0) is 0 Å². The van der Waals surface area contributed by atoms with Crippen molar-refractivity contribution < 1.29 is 4.42 Å². The smallest absolute Gasteiger partial charge is 0.335 e. The van der Waals surface area contributed by atoms with E-state index < -0.39 is 0 Å². The van der Waals surface area contributed by atoms with Gasteiger partial charge in [0.25, 0.3) is 0 Å². The summed E-state index contributed by atoms with van der Waals surface area (Å²) in [6.45, 7) is 2.03. The van der Waals surface area contributed by atoms with Crippen LogP contribution in [0.5, 0.6) is 0 Å². The number of aryl methyl sites for hydroxylation is 1. The molecule has 0 radical (unpaired) electrons. The van der Waals surface area contributed by atoms with Crippen LogP contribution in [0.1, 0.15) is 5.56 Å². The number of benzene rings is 1. The first-order chi connectivity index (χ1) is 6.77. The molecule has 2 heteroatoms. The maximum absolute atomic E-state index is 10.8. The van der Waals surface area contributed by atoms with Crippen molar-refractivity contribution in [3.63, 3.8) is 0 Å². The molecular weight excluding hydrogens is 176 g/mol. The van der Waals surface area contributed by atoms with E-state index in [1.54, 1.807) is 6.07 Å². The standard InChI is InChI=1S/C12H10O2/c1-9-4-2-3-5-11(9)10-6-7-12(13)14-8-10/h2-8H,1H3. The van der Waals surface area contributed by atoms with Gasteiger partial charge in [-0.25, -0.2) is 4.79 Å². The fraction of sp³-hybridized carbons (Fsp3) is 0.0833. The molecule has 14 heavy (non-hydrogen) atoms. The van der Waals surface area contributed by atoms with Gasteiger partial charge >= 0.3 is 5.63 Å². The van der Waals surface area contributed by atoms with Gasteiger partial charge < -0.3 is 4.42 Å². The van der Waals surface area contributed by atoms with Gasteiger partial charge in [0.2, 0.25) is 0 Å². The van der Waals surface area contributed by atoms with Crippen LogP contribution in [0.25, 0.3) is 11.1 Å². The van der Waals surface area contributed by atoms with Crippen molar-refractivity contribution in [2.45, 2.75) is 6.92 Å². The van der Waals surface area contributed by atoms with Crippen molar-refractivity contribution in [1.29, 1.82) is 0 Å². The molecule has 0 bridgehead atoms. The van der Waals surface area contributed by atoms with Gasteiger partial charge in [-0.3, -0.25) is 0 Å². The van der Waals surface area contributed by atoms with E-state index in [1.165, 1.54) is 17.9 Å². The van der Waals surface area contributed by atoms with Crippen molar-refractivity contribution in [3.05, 3.63) is 58.6 Å². The van der Waals surface area contributed by atoms with Crippen molar-refractivity contribution in [1.82, 2.24) is 0 Å². The maximum Gasteiger partial charge on any atom is 0.335 e. The minimum Gasteiger partial charge on any atom is -0.431 e. The summed E-state index contributed by atoms with van der Waals surface area (Å²) in [5, 5.41) is 0. The van der Waals surface area contributed by atoms with Crippen molar-refractivity contribution in [3.8, 4) is 11.1 Å². The fourth-order valence-electron chi connectivity index (χ4n) is 1.41. The molecule has 0 aliphatic heterocycles. The van der Waals surface area contributed by atoms with E-state index in [1.807, 2.05) is 31.2 Å². The summed E-state index contributed by atoms with van der Waals surface area (Å²) < 4.78 is 4.81. The summed E-state index contributed by atoms with van der Waals surface area (Å²) >= 11 is 0. The Morgan fingerprint density at radius 3 is 2.50 bits per heavy atom. The first-order valence-corrected chi connectivity index (χ1v) is 4.42. The molecule has 1 aromatic carbocycles. The van der Waals surface area contributed by atoms with E-state index >= 15 is 0 Å². The zero-order valence-corrected chi connectivity index (χ0v) is 7.86. The minimum atomic E-state index is -0.317. The van der Waals surface area contributed by atoms with Crippen LogP contribution in [0.3, 0.4) is 0 Å². The molecule has 1 heterocycles. The molecule has 0 unspecified atom stereocenters. The van der Waals surface area contributed by atoms with E-state index in [9.17, 15) is 4.79 Å². The highest BCUT2D eigenvalue weighted by Gasteiger charge is 2.00. The predicted octanol–water partition coefficient (Wildman–Crippen LogP) is 2.62. The Labute approximate surface area is 81.8 Å². The van der Waals surface area contributed by atoms with E-state index in [0.29, 0.717) is 0 Å². The van der Waals surface area contributed by atoms with Crippen LogP contribution in [-0.4, -0.2) is 0 Å². The first-order valence-electron chi connectivity index (χ1n) is 4.42. The molecule has 0 N–H and O–H groups in total. The highest BCUT2D eigenvalue weighted by Crippen LogP contribution is 2.21. The predicted molar refractivity (Wildman–Crippen MR) is 55.2 cm³/mol. The lowest BCUT2D eigenvalue weighted by molar-refractivity contribution is 0.512. The molecule has 0 aliphatic rings. The van der Waals surface area contributed by atoms with E-state index in [4.69, 9.17) is 4.42 Å². The van der Waals surface area contributed by atoms with Gasteiger partial charge in [0, 0.05) is 11.6 Å². The highest BCUT2D eigenvalue weighted by molar-refractivity contribution is 5.65. The summed E-state index contributed by atoms with van der Waals surface area (Å²) in [4.78, 5) is 10.8. The van der Waals surface area contributed by atoms with Crippen LogP contribution in [0.15, 0.2) is 51.9 Å². The molecule has 1 aromatic heterocycles. The Bertz CT molecular complexity index is 477. The summed E-state index contributed by atoms with van der Waals surface area (Å²) in [7, 11) is 0. The lowest BCUT2D eigenvalue weighted by atomic mass is 10.0. The largest absolute Gasteiger partial charge is 0.431 e. The normalized spacial score (nSPS) is 10.1. The molecule has 0 saturated heterocycles. The first kappa shape index (κ1) is 8.75. The molecule has 0 amide bonds. The molecule has 70 valence electrons. The molecule has 0 saturated carbocycles. The number of hydrogen-bond donors (Lipinski definition) is 0. The molecule has 0 aliphatic carbocycles. The second kappa shape index (κ2) is 3.50. The van der Waals surface area contributed by atoms with E-state index in [0.717, 1.165) is 11.1 Å². The van der Waals surface area contributed by atoms with Gasteiger partial charge in [-0.2, -0.15) is 0 Å². The molecule has 2 nitrogen and oxygen atoms in total.